The summed E-state index contributed by atoms with van der Waals surface area (Å²) in [5.41, 5.74) is 4.48. The molecular weight excluding hydrogens is 228 g/mol. The Kier molecular flexibility index (Phi) is 6.08. The third-order valence-electron chi connectivity index (χ3n) is 3.61. The van der Waals surface area contributed by atoms with E-state index >= 15 is 0 Å². The van der Waals surface area contributed by atoms with E-state index in [2.05, 4.69) is 77.2 Å². The molecule has 1 fully saturated rings. The normalized spacial score (nSPS) is 20.8. The van der Waals surface area contributed by atoms with Crippen molar-refractivity contribution in [2.45, 2.75) is 53.9 Å². The SMILES string of the molecule is C/C=C\C1=CC(C)(C)C=CC=C1C.CC=C1CCC1. The summed E-state index contributed by atoms with van der Waals surface area (Å²) in [5, 5.41) is 0. The smallest absolute Gasteiger partial charge is 0.00166 e. The van der Waals surface area contributed by atoms with Gasteiger partial charge in [0.05, 0.1) is 0 Å². The van der Waals surface area contributed by atoms with E-state index in [1.165, 1.54) is 30.4 Å². The number of rotatable bonds is 1. The number of hydrogen-bond donors (Lipinski definition) is 0. The fraction of sp³-hybridized carbons (Fsp3) is 0.474. The second-order valence-electron chi connectivity index (χ2n) is 5.93. The van der Waals surface area contributed by atoms with Gasteiger partial charge in [-0.3, -0.25) is 0 Å². The molecule has 0 aliphatic heterocycles. The van der Waals surface area contributed by atoms with Gasteiger partial charge in [0.25, 0.3) is 0 Å². The van der Waals surface area contributed by atoms with E-state index in [9.17, 15) is 0 Å². The summed E-state index contributed by atoms with van der Waals surface area (Å²) in [6.45, 7) is 10.8. The second kappa shape index (κ2) is 7.33. The molecular formula is C19H28. The molecule has 0 radical (unpaired) electrons. The molecule has 0 heterocycles. The Labute approximate surface area is 119 Å². The zero-order chi connectivity index (χ0) is 14.3. The monoisotopic (exact) mass is 256 g/mol. The van der Waals surface area contributed by atoms with Crippen molar-refractivity contribution in [2.75, 3.05) is 0 Å². The molecule has 19 heavy (non-hydrogen) atoms. The van der Waals surface area contributed by atoms with Crippen molar-refractivity contribution >= 4 is 0 Å². The average Bonchev–Trinajstić information content (AvgIpc) is 2.38. The first-order chi connectivity index (χ1) is 8.98. The lowest BCUT2D eigenvalue weighted by molar-refractivity contribution is 0.624. The molecule has 0 unspecified atom stereocenters. The molecule has 0 amide bonds. The van der Waals surface area contributed by atoms with Crippen molar-refractivity contribution in [1.29, 1.82) is 0 Å². The Balaban J connectivity index is 0.000000250. The maximum atomic E-state index is 2.31. The minimum atomic E-state index is 0.170. The van der Waals surface area contributed by atoms with Crippen LogP contribution in [-0.4, -0.2) is 0 Å². The molecule has 0 atom stereocenters. The molecule has 2 aliphatic rings. The zero-order valence-electron chi connectivity index (χ0n) is 13.2. The van der Waals surface area contributed by atoms with Crippen molar-refractivity contribution < 1.29 is 0 Å². The fourth-order valence-electron chi connectivity index (χ4n) is 2.13. The molecule has 1 saturated carbocycles. The van der Waals surface area contributed by atoms with E-state index in [0.717, 1.165) is 0 Å². The van der Waals surface area contributed by atoms with Crippen LogP contribution in [0, 0.1) is 5.41 Å². The molecule has 0 spiro atoms. The van der Waals surface area contributed by atoms with Crippen LogP contribution in [-0.2, 0) is 0 Å². The average molecular weight is 256 g/mol. The topological polar surface area (TPSA) is 0 Å². The molecule has 0 aromatic carbocycles. The minimum absolute atomic E-state index is 0.170. The summed E-state index contributed by atoms with van der Waals surface area (Å²) in [6, 6.07) is 0. The Morgan fingerprint density at radius 3 is 2.26 bits per heavy atom. The summed E-state index contributed by atoms with van der Waals surface area (Å²) in [5.74, 6) is 0. The van der Waals surface area contributed by atoms with Gasteiger partial charge in [0, 0.05) is 5.41 Å². The van der Waals surface area contributed by atoms with Gasteiger partial charge in [-0.15, -0.1) is 0 Å². The molecule has 104 valence electrons. The first-order valence-corrected chi connectivity index (χ1v) is 7.34. The lowest BCUT2D eigenvalue weighted by Crippen LogP contribution is -2.02. The molecule has 2 aliphatic carbocycles. The summed E-state index contributed by atoms with van der Waals surface area (Å²) in [6.07, 6.45) is 19.5. The predicted octanol–water partition coefficient (Wildman–Crippen LogP) is 6.15. The highest BCUT2D eigenvalue weighted by Crippen LogP contribution is 2.27. The van der Waals surface area contributed by atoms with Crippen LogP contribution in [0.2, 0.25) is 0 Å². The third-order valence-corrected chi connectivity index (χ3v) is 3.61. The third kappa shape index (κ3) is 5.46. The molecule has 0 heteroatoms. The van der Waals surface area contributed by atoms with Crippen molar-refractivity contribution in [3.8, 4) is 0 Å². The lowest BCUT2D eigenvalue weighted by Gasteiger charge is -2.14. The number of hydrogen-bond acceptors (Lipinski definition) is 0. The van der Waals surface area contributed by atoms with Gasteiger partial charge in [-0.2, -0.15) is 0 Å². The first kappa shape index (κ1) is 15.8. The maximum absolute atomic E-state index is 2.31. The van der Waals surface area contributed by atoms with Gasteiger partial charge in [0.1, 0.15) is 0 Å². The van der Waals surface area contributed by atoms with Crippen LogP contribution in [0.5, 0.6) is 0 Å². The van der Waals surface area contributed by atoms with E-state index in [-0.39, 0.29) is 5.41 Å². The molecule has 0 aromatic heterocycles. The van der Waals surface area contributed by atoms with E-state index < -0.39 is 0 Å². The van der Waals surface area contributed by atoms with E-state index in [1.54, 1.807) is 5.57 Å². The Hall–Kier alpha value is -1.30. The molecule has 2 rings (SSSR count). The molecule has 0 nitrogen and oxygen atoms in total. The highest BCUT2D eigenvalue weighted by molar-refractivity contribution is 5.44. The summed E-state index contributed by atoms with van der Waals surface area (Å²) in [7, 11) is 0. The van der Waals surface area contributed by atoms with E-state index in [1.807, 2.05) is 0 Å². The lowest BCUT2D eigenvalue weighted by atomic mass is 9.90. The first-order valence-electron chi connectivity index (χ1n) is 7.34. The van der Waals surface area contributed by atoms with E-state index in [4.69, 9.17) is 0 Å². The van der Waals surface area contributed by atoms with Gasteiger partial charge >= 0.3 is 0 Å². The van der Waals surface area contributed by atoms with Crippen molar-refractivity contribution in [2.24, 2.45) is 5.41 Å². The van der Waals surface area contributed by atoms with Crippen LogP contribution in [0.15, 0.2) is 59.3 Å². The van der Waals surface area contributed by atoms with Crippen molar-refractivity contribution in [1.82, 2.24) is 0 Å². The highest BCUT2D eigenvalue weighted by Gasteiger charge is 2.12. The molecule has 0 N–H and O–H groups in total. The summed E-state index contributed by atoms with van der Waals surface area (Å²) >= 11 is 0. The second-order valence-corrected chi connectivity index (χ2v) is 5.93. The van der Waals surface area contributed by atoms with Gasteiger partial charge in [-0.05, 0) is 51.2 Å². The van der Waals surface area contributed by atoms with Crippen LogP contribution in [0.25, 0.3) is 0 Å². The molecule has 0 saturated heterocycles. The van der Waals surface area contributed by atoms with Crippen molar-refractivity contribution in [3.63, 3.8) is 0 Å². The Morgan fingerprint density at radius 2 is 1.84 bits per heavy atom. The Morgan fingerprint density at radius 1 is 1.16 bits per heavy atom. The van der Waals surface area contributed by atoms with Crippen LogP contribution >= 0.6 is 0 Å². The van der Waals surface area contributed by atoms with Gasteiger partial charge in [0.2, 0.25) is 0 Å². The van der Waals surface area contributed by atoms with Gasteiger partial charge in [0.15, 0.2) is 0 Å². The van der Waals surface area contributed by atoms with Crippen LogP contribution in [0.3, 0.4) is 0 Å². The highest BCUT2D eigenvalue weighted by atomic mass is 14.2. The standard InChI is InChI=1S/C13H18.C6H10/c1-5-7-12-10-13(3,4)9-6-8-11(12)2;1-2-6-4-3-5-6/h5-10H,1-4H3;2H,3-5H2,1H3/b7-5-;. The number of allylic oxidation sites excluding steroid dienone is 10. The molecule has 0 bridgehead atoms. The zero-order valence-corrected chi connectivity index (χ0v) is 13.2. The van der Waals surface area contributed by atoms with Gasteiger partial charge < -0.3 is 0 Å². The Bertz CT molecular complexity index is 431. The van der Waals surface area contributed by atoms with Gasteiger partial charge in [-0.25, -0.2) is 0 Å². The minimum Gasteiger partial charge on any atom is -0.0885 e. The summed E-state index contributed by atoms with van der Waals surface area (Å²) < 4.78 is 0. The largest absolute Gasteiger partial charge is 0.0885 e. The van der Waals surface area contributed by atoms with Gasteiger partial charge in [-0.1, -0.05) is 62.0 Å². The van der Waals surface area contributed by atoms with Crippen LogP contribution in [0.1, 0.15) is 53.9 Å². The molecule has 0 aromatic rings. The fourth-order valence-corrected chi connectivity index (χ4v) is 2.13. The van der Waals surface area contributed by atoms with Crippen LogP contribution < -0.4 is 0 Å². The predicted molar refractivity (Wildman–Crippen MR) is 87.2 cm³/mol. The van der Waals surface area contributed by atoms with E-state index in [0.29, 0.717) is 0 Å². The quantitative estimate of drug-likeness (QED) is 0.494. The summed E-state index contributed by atoms with van der Waals surface area (Å²) in [4.78, 5) is 0. The van der Waals surface area contributed by atoms with Crippen molar-refractivity contribution in [3.05, 3.63) is 59.3 Å². The van der Waals surface area contributed by atoms with Crippen LogP contribution in [0.4, 0.5) is 0 Å². The maximum Gasteiger partial charge on any atom is 0.00166 e.